The molecule has 6 heteroatoms. The van der Waals surface area contributed by atoms with Gasteiger partial charge in [0.15, 0.2) is 0 Å². The molecule has 0 bridgehead atoms. The Balaban J connectivity index is 2.25. The molecule has 0 saturated heterocycles. The highest BCUT2D eigenvalue weighted by Gasteiger charge is 2.25. The number of nitrogens with zero attached hydrogens (tertiary/aromatic N) is 2. The lowest BCUT2D eigenvalue weighted by Crippen LogP contribution is -2.07. The fourth-order valence-electron chi connectivity index (χ4n) is 2.67. The number of benzene rings is 2. The van der Waals surface area contributed by atoms with Crippen molar-refractivity contribution >= 4 is 11.4 Å². The summed E-state index contributed by atoms with van der Waals surface area (Å²) < 4.78 is 0. The van der Waals surface area contributed by atoms with Crippen LogP contribution in [-0.2, 0) is 12.8 Å². The minimum Gasteiger partial charge on any atom is -0.258 e. The number of nitro benzene ring substituents is 2. The molecule has 20 heavy (non-hydrogen) atoms. The van der Waals surface area contributed by atoms with Crippen LogP contribution in [0.2, 0.25) is 0 Å². The van der Waals surface area contributed by atoms with Gasteiger partial charge < -0.3 is 0 Å². The van der Waals surface area contributed by atoms with Crippen LogP contribution in [-0.4, -0.2) is 9.85 Å². The van der Waals surface area contributed by atoms with Crippen LogP contribution < -0.4 is 0 Å². The van der Waals surface area contributed by atoms with Gasteiger partial charge in [-0.05, 0) is 35.6 Å². The number of rotatable bonds is 2. The summed E-state index contributed by atoms with van der Waals surface area (Å²) in [6.07, 6.45) is 1.32. The van der Waals surface area contributed by atoms with E-state index in [1.54, 1.807) is 12.1 Å². The number of non-ortho nitro benzene ring substituents is 1. The van der Waals surface area contributed by atoms with Gasteiger partial charge in [0.2, 0.25) is 0 Å². The number of nitro groups is 2. The molecular formula is C14H10N2O4. The highest BCUT2D eigenvalue weighted by Crippen LogP contribution is 2.40. The molecule has 0 spiro atoms. The summed E-state index contributed by atoms with van der Waals surface area (Å²) in [4.78, 5) is 21.1. The molecule has 0 aromatic heterocycles. The van der Waals surface area contributed by atoms with E-state index in [1.807, 2.05) is 6.07 Å². The zero-order chi connectivity index (χ0) is 14.3. The fourth-order valence-corrected chi connectivity index (χ4v) is 2.67. The smallest absolute Gasteiger partial charge is 0.258 e. The molecule has 1 aliphatic rings. The number of hydrogen-bond acceptors (Lipinski definition) is 4. The number of hydrogen-bond donors (Lipinski definition) is 0. The van der Waals surface area contributed by atoms with Gasteiger partial charge in [0.05, 0.1) is 15.4 Å². The molecule has 3 rings (SSSR count). The molecule has 2 aromatic rings. The quantitative estimate of drug-likeness (QED) is 0.619. The lowest BCUT2D eigenvalue weighted by atomic mass is 9.84. The highest BCUT2D eigenvalue weighted by atomic mass is 16.6. The van der Waals surface area contributed by atoms with E-state index in [-0.39, 0.29) is 11.4 Å². The van der Waals surface area contributed by atoms with Crippen molar-refractivity contribution in [3.8, 4) is 11.1 Å². The van der Waals surface area contributed by atoms with Crippen LogP contribution in [0, 0.1) is 20.2 Å². The molecule has 0 atom stereocenters. The van der Waals surface area contributed by atoms with E-state index in [1.165, 1.54) is 18.2 Å². The fraction of sp³-hybridized carbons (Fsp3) is 0.143. The Morgan fingerprint density at radius 1 is 0.900 bits per heavy atom. The second kappa shape index (κ2) is 4.41. The van der Waals surface area contributed by atoms with E-state index in [2.05, 4.69) is 0 Å². The molecule has 0 unspecified atom stereocenters. The SMILES string of the molecule is O=[N+]([O-])c1ccc2c(c1)CCc1cccc([N+](=O)[O-])c1-2. The van der Waals surface area contributed by atoms with Crippen LogP contribution >= 0.6 is 0 Å². The zero-order valence-corrected chi connectivity index (χ0v) is 10.4. The zero-order valence-electron chi connectivity index (χ0n) is 10.4. The third-order valence-corrected chi connectivity index (χ3v) is 3.56. The van der Waals surface area contributed by atoms with Crippen LogP contribution in [0.3, 0.4) is 0 Å². The Bertz CT molecular complexity index is 740. The van der Waals surface area contributed by atoms with E-state index in [9.17, 15) is 20.2 Å². The van der Waals surface area contributed by atoms with Crippen molar-refractivity contribution in [1.82, 2.24) is 0 Å². The summed E-state index contributed by atoms with van der Waals surface area (Å²) in [6.45, 7) is 0. The summed E-state index contributed by atoms with van der Waals surface area (Å²) in [5.74, 6) is 0. The van der Waals surface area contributed by atoms with Crippen molar-refractivity contribution in [3.63, 3.8) is 0 Å². The van der Waals surface area contributed by atoms with Gasteiger partial charge >= 0.3 is 0 Å². The molecule has 0 fully saturated rings. The molecule has 2 aromatic carbocycles. The van der Waals surface area contributed by atoms with Crippen LogP contribution in [0.15, 0.2) is 36.4 Å². The Kier molecular flexibility index (Phi) is 2.71. The van der Waals surface area contributed by atoms with E-state index in [0.717, 1.165) is 16.7 Å². The Morgan fingerprint density at radius 2 is 1.65 bits per heavy atom. The Labute approximate surface area is 114 Å². The van der Waals surface area contributed by atoms with E-state index >= 15 is 0 Å². The first-order valence-corrected chi connectivity index (χ1v) is 6.12. The second-order valence-corrected chi connectivity index (χ2v) is 4.67. The predicted octanol–water partition coefficient (Wildman–Crippen LogP) is 3.27. The number of aryl methyl sites for hydroxylation is 2. The van der Waals surface area contributed by atoms with Crippen molar-refractivity contribution in [2.45, 2.75) is 12.8 Å². The van der Waals surface area contributed by atoms with Crippen LogP contribution in [0.1, 0.15) is 11.1 Å². The van der Waals surface area contributed by atoms with Gasteiger partial charge in [-0.15, -0.1) is 0 Å². The lowest BCUT2D eigenvalue weighted by Gasteiger charge is -2.19. The first kappa shape index (κ1) is 12.3. The average Bonchev–Trinajstić information content (AvgIpc) is 2.45. The number of fused-ring (bicyclic) bond motifs is 3. The van der Waals surface area contributed by atoms with Crippen LogP contribution in [0.25, 0.3) is 11.1 Å². The highest BCUT2D eigenvalue weighted by molar-refractivity contribution is 5.81. The Morgan fingerprint density at radius 3 is 2.35 bits per heavy atom. The van der Waals surface area contributed by atoms with Crippen molar-refractivity contribution in [2.24, 2.45) is 0 Å². The van der Waals surface area contributed by atoms with Gasteiger partial charge in [-0.3, -0.25) is 20.2 Å². The first-order valence-electron chi connectivity index (χ1n) is 6.12. The third-order valence-electron chi connectivity index (χ3n) is 3.56. The van der Waals surface area contributed by atoms with Gasteiger partial charge in [0.1, 0.15) is 0 Å². The normalized spacial score (nSPS) is 12.4. The molecule has 0 amide bonds. The second-order valence-electron chi connectivity index (χ2n) is 4.67. The van der Waals surface area contributed by atoms with Gasteiger partial charge in [0.25, 0.3) is 11.4 Å². The van der Waals surface area contributed by atoms with Crippen LogP contribution in [0.4, 0.5) is 11.4 Å². The maximum atomic E-state index is 11.2. The largest absolute Gasteiger partial charge is 0.277 e. The molecule has 0 aliphatic heterocycles. The molecule has 0 N–H and O–H groups in total. The molecule has 1 aliphatic carbocycles. The molecule has 0 radical (unpaired) electrons. The minimum absolute atomic E-state index is 0.0192. The van der Waals surface area contributed by atoms with E-state index in [4.69, 9.17) is 0 Å². The Hall–Kier alpha value is -2.76. The summed E-state index contributed by atoms with van der Waals surface area (Å²) in [5, 5.41) is 22.0. The monoisotopic (exact) mass is 270 g/mol. The third kappa shape index (κ3) is 1.82. The van der Waals surface area contributed by atoms with E-state index < -0.39 is 9.85 Å². The van der Waals surface area contributed by atoms with Gasteiger partial charge in [-0.1, -0.05) is 12.1 Å². The van der Waals surface area contributed by atoms with Crippen molar-refractivity contribution in [3.05, 3.63) is 67.8 Å². The molecule has 100 valence electrons. The molecule has 6 nitrogen and oxygen atoms in total. The lowest BCUT2D eigenvalue weighted by molar-refractivity contribution is -0.385. The average molecular weight is 270 g/mol. The van der Waals surface area contributed by atoms with Crippen molar-refractivity contribution in [1.29, 1.82) is 0 Å². The van der Waals surface area contributed by atoms with Crippen molar-refractivity contribution in [2.75, 3.05) is 0 Å². The summed E-state index contributed by atoms with van der Waals surface area (Å²) >= 11 is 0. The van der Waals surface area contributed by atoms with Crippen molar-refractivity contribution < 1.29 is 9.85 Å². The summed E-state index contributed by atoms with van der Waals surface area (Å²) in [7, 11) is 0. The standard InChI is InChI=1S/C14H10N2O4/c17-15(18)11-6-7-12-10(8-11)5-4-9-2-1-3-13(14(9)12)16(19)20/h1-3,6-8H,4-5H2. The van der Waals surface area contributed by atoms with E-state index in [0.29, 0.717) is 18.4 Å². The molecule has 0 heterocycles. The summed E-state index contributed by atoms with van der Waals surface area (Å²) in [5.41, 5.74) is 3.10. The predicted molar refractivity (Wildman–Crippen MR) is 72.6 cm³/mol. The maximum Gasteiger partial charge on any atom is 0.277 e. The van der Waals surface area contributed by atoms with Crippen LogP contribution in [0.5, 0.6) is 0 Å². The first-order chi connectivity index (χ1) is 9.58. The minimum atomic E-state index is -0.449. The van der Waals surface area contributed by atoms with Gasteiger partial charge in [-0.2, -0.15) is 0 Å². The molecular weight excluding hydrogens is 260 g/mol. The maximum absolute atomic E-state index is 11.2. The summed E-state index contributed by atoms with van der Waals surface area (Å²) in [6, 6.07) is 9.52. The van der Waals surface area contributed by atoms with Gasteiger partial charge in [-0.25, -0.2) is 0 Å². The van der Waals surface area contributed by atoms with Gasteiger partial charge in [0, 0.05) is 18.2 Å². The molecule has 0 saturated carbocycles. The topological polar surface area (TPSA) is 86.3 Å².